The minimum atomic E-state index is -4.44. The molecule has 0 aliphatic carbocycles. The minimum Gasteiger partial charge on any atom is -0.332 e. The quantitative estimate of drug-likeness (QED) is 0.778. The number of nitrogens with zero attached hydrogens (tertiary/aromatic N) is 3. The molecule has 4 nitrogen and oxygen atoms in total. The third-order valence-corrected chi connectivity index (χ3v) is 4.60. The van der Waals surface area contributed by atoms with Crippen LogP contribution in [0.25, 0.3) is 0 Å². The third kappa shape index (κ3) is 4.62. The number of hydrogen-bond acceptors (Lipinski definition) is 4. The zero-order valence-corrected chi connectivity index (χ0v) is 15.4. The lowest BCUT2D eigenvalue weighted by Gasteiger charge is -2.29. The summed E-state index contributed by atoms with van der Waals surface area (Å²) >= 11 is 9.19. The van der Waals surface area contributed by atoms with Crippen LogP contribution < -0.4 is 10.2 Å². The number of alkyl halides is 3. The Morgan fingerprint density at radius 1 is 1.24 bits per heavy atom. The van der Waals surface area contributed by atoms with E-state index in [1.54, 1.807) is 18.5 Å². The molecule has 0 unspecified atom stereocenters. The second-order valence-corrected chi connectivity index (χ2v) is 7.17. The van der Waals surface area contributed by atoms with Crippen molar-refractivity contribution < 1.29 is 13.2 Å². The Balaban J connectivity index is 1.92. The molecular weight excluding hydrogens is 421 g/mol. The van der Waals surface area contributed by atoms with Gasteiger partial charge in [-0.1, -0.05) is 11.6 Å². The van der Waals surface area contributed by atoms with E-state index in [9.17, 15) is 13.2 Å². The van der Waals surface area contributed by atoms with E-state index >= 15 is 0 Å². The van der Waals surface area contributed by atoms with Crippen LogP contribution in [0.1, 0.15) is 17.5 Å². The summed E-state index contributed by atoms with van der Waals surface area (Å²) in [6.45, 7) is 1.82. The molecule has 0 amide bonds. The van der Waals surface area contributed by atoms with E-state index in [1.807, 2.05) is 4.90 Å². The van der Waals surface area contributed by atoms with Gasteiger partial charge in [0.15, 0.2) is 0 Å². The van der Waals surface area contributed by atoms with Gasteiger partial charge in [0.2, 0.25) is 5.95 Å². The van der Waals surface area contributed by atoms with Crippen molar-refractivity contribution in [2.75, 3.05) is 18.0 Å². The summed E-state index contributed by atoms with van der Waals surface area (Å²) in [6.07, 6.45) is -0.326. The smallest absolute Gasteiger partial charge is 0.332 e. The van der Waals surface area contributed by atoms with E-state index in [0.717, 1.165) is 36.1 Å². The molecule has 3 rings (SSSR count). The highest BCUT2D eigenvalue weighted by Gasteiger charge is 2.32. The third-order valence-electron chi connectivity index (χ3n) is 3.98. The van der Waals surface area contributed by atoms with E-state index in [4.69, 9.17) is 11.6 Å². The molecule has 2 heterocycles. The minimum absolute atomic E-state index is 0.0612. The molecule has 1 aromatic carbocycles. The van der Waals surface area contributed by atoms with Gasteiger partial charge in [-0.2, -0.15) is 13.2 Å². The van der Waals surface area contributed by atoms with Crippen LogP contribution in [0.4, 0.5) is 19.1 Å². The normalized spacial score (nSPS) is 17.7. The number of nitrogens with one attached hydrogen (secondary N) is 1. The maximum Gasteiger partial charge on any atom is 0.416 e. The molecule has 0 spiro atoms. The van der Waals surface area contributed by atoms with Crippen LogP contribution in [0.3, 0.4) is 0 Å². The highest BCUT2D eigenvalue weighted by atomic mass is 79.9. The Kier molecular flexibility index (Phi) is 5.50. The first-order chi connectivity index (χ1) is 11.8. The van der Waals surface area contributed by atoms with Crippen LogP contribution in [-0.2, 0) is 12.7 Å². The molecule has 2 aromatic rings. The van der Waals surface area contributed by atoms with Crippen molar-refractivity contribution in [1.29, 1.82) is 0 Å². The standard InChI is InChI=1S/C16H15BrClF3N4/c17-12-6-23-15(24-7-12)25(14-1-2-22-8-14)9-10-3-11(16(19,20)21)5-13(18)4-10/h3-7,14,22H,1-2,8-9H2/t14-/m0/s1. The largest absolute Gasteiger partial charge is 0.416 e. The second kappa shape index (κ2) is 7.47. The monoisotopic (exact) mass is 434 g/mol. The number of benzene rings is 1. The maximum absolute atomic E-state index is 13.0. The lowest BCUT2D eigenvalue weighted by Crippen LogP contribution is -2.37. The van der Waals surface area contributed by atoms with Crippen molar-refractivity contribution >= 4 is 33.5 Å². The van der Waals surface area contributed by atoms with Crippen LogP contribution in [-0.4, -0.2) is 29.1 Å². The van der Waals surface area contributed by atoms with Crippen LogP contribution in [0.15, 0.2) is 35.1 Å². The fourth-order valence-corrected chi connectivity index (χ4v) is 3.29. The predicted molar refractivity (Wildman–Crippen MR) is 93.6 cm³/mol. The van der Waals surface area contributed by atoms with Gasteiger partial charge in [-0.05, 0) is 52.7 Å². The molecule has 1 saturated heterocycles. The average molecular weight is 436 g/mol. The SMILES string of the molecule is FC(F)(F)c1cc(Cl)cc(CN(c2ncc(Br)cn2)[C@H]2CCNC2)c1. The van der Waals surface area contributed by atoms with Crippen LogP contribution in [0.2, 0.25) is 5.02 Å². The molecule has 1 fully saturated rings. The first kappa shape index (κ1) is 18.4. The molecule has 1 aromatic heterocycles. The van der Waals surface area contributed by atoms with Gasteiger partial charge >= 0.3 is 6.18 Å². The Morgan fingerprint density at radius 3 is 2.56 bits per heavy atom. The van der Waals surface area contributed by atoms with Gasteiger partial charge in [0.05, 0.1) is 10.0 Å². The number of rotatable bonds is 4. The molecular formula is C16H15BrClF3N4. The topological polar surface area (TPSA) is 41.1 Å². The van der Waals surface area contributed by atoms with Gasteiger partial charge in [-0.3, -0.25) is 0 Å². The van der Waals surface area contributed by atoms with Gasteiger partial charge in [0.1, 0.15) is 0 Å². The summed E-state index contributed by atoms with van der Waals surface area (Å²) in [5, 5.41) is 3.32. The van der Waals surface area contributed by atoms with Gasteiger partial charge < -0.3 is 10.2 Å². The van der Waals surface area contributed by atoms with E-state index < -0.39 is 11.7 Å². The maximum atomic E-state index is 13.0. The Morgan fingerprint density at radius 2 is 1.96 bits per heavy atom. The lowest BCUT2D eigenvalue weighted by molar-refractivity contribution is -0.137. The molecule has 1 N–H and O–H groups in total. The molecule has 0 saturated carbocycles. The predicted octanol–water partition coefficient (Wildman–Crippen LogP) is 4.28. The number of aromatic nitrogens is 2. The van der Waals surface area contributed by atoms with E-state index in [-0.39, 0.29) is 17.6 Å². The lowest BCUT2D eigenvalue weighted by atomic mass is 10.1. The van der Waals surface area contributed by atoms with Gasteiger partial charge in [0, 0.05) is 36.5 Å². The first-order valence-electron chi connectivity index (χ1n) is 7.64. The highest BCUT2D eigenvalue weighted by Crippen LogP contribution is 2.32. The molecule has 25 heavy (non-hydrogen) atoms. The van der Waals surface area contributed by atoms with Crippen LogP contribution in [0.5, 0.6) is 0 Å². The molecule has 0 radical (unpaired) electrons. The molecule has 0 bridgehead atoms. The second-order valence-electron chi connectivity index (χ2n) is 5.82. The Labute approximate surface area is 156 Å². The summed E-state index contributed by atoms with van der Waals surface area (Å²) in [6, 6.07) is 3.71. The van der Waals surface area contributed by atoms with Crippen molar-refractivity contribution in [2.24, 2.45) is 0 Å². The molecule has 1 aliphatic heterocycles. The van der Waals surface area contributed by atoms with Crippen LogP contribution >= 0.6 is 27.5 Å². The Hall–Kier alpha value is -1.38. The van der Waals surface area contributed by atoms with Gasteiger partial charge in [0.25, 0.3) is 0 Å². The zero-order chi connectivity index (χ0) is 18.0. The first-order valence-corrected chi connectivity index (χ1v) is 8.81. The van der Waals surface area contributed by atoms with Crippen molar-refractivity contribution in [3.63, 3.8) is 0 Å². The van der Waals surface area contributed by atoms with Crippen molar-refractivity contribution in [3.8, 4) is 0 Å². The number of anilines is 1. The van der Waals surface area contributed by atoms with Crippen molar-refractivity contribution in [2.45, 2.75) is 25.2 Å². The highest BCUT2D eigenvalue weighted by molar-refractivity contribution is 9.10. The number of hydrogen-bond donors (Lipinski definition) is 1. The Bertz CT molecular complexity index is 733. The van der Waals surface area contributed by atoms with Gasteiger partial charge in [-0.25, -0.2) is 9.97 Å². The fourth-order valence-electron chi connectivity index (χ4n) is 2.82. The molecule has 1 atom stereocenters. The van der Waals surface area contributed by atoms with Crippen molar-refractivity contribution in [1.82, 2.24) is 15.3 Å². The van der Waals surface area contributed by atoms with Crippen molar-refractivity contribution in [3.05, 3.63) is 51.2 Å². The number of halogens is 5. The summed E-state index contributed by atoms with van der Waals surface area (Å²) in [7, 11) is 0. The summed E-state index contributed by atoms with van der Waals surface area (Å²) in [5.41, 5.74) is -0.283. The molecule has 134 valence electrons. The van der Waals surface area contributed by atoms with E-state index in [0.29, 0.717) is 11.5 Å². The van der Waals surface area contributed by atoms with Gasteiger partial charge in [-0.15, -0.1) is 0 Å². The summed E-state index contributed by atoms with van der Waals surface area (Å²) in [4.78, 5) is 10.5. The molecule has 1 aliphatic rings. The average Bonchev–Trinajstić information content (AvgIpc) is 3.06. The summed E-state index contributed by atoms with van der Waals surface area (Å²) in [5.74, 6) is 0.477. The van der Waals surface area contributed by atoms with E-state index in [1.165, 1.54) is 0 Å². The summed E-state index contributed by atoms with van der Waals surface area (Å²) < 4.78 is 39.9. The van der Waals surface area contributed by atoms with Crippen LogP contribution in [0, 0.1) is 0 Å². The molecule has 9 heteroatoms. The van der Waals surface area contributed by atoms with E-state index in [2.05, 4.69) is 31.2 Å². The zero-order valence-electron chi connectivity index (χ0n) is 13.0. The fraction of sp³-hybridized carbons (Fsp3) is 0.375.